The van der Waals surface area contributed by atoms with Crippen LogP contribution in [0.3, 0.4) is 0 Å². The molecule has 3 heterocycles. The predicted molar refractivity (Wildman–Crippen MR) is 114 cm³/mol. The highest BCUT2D eigenvalue weighted by molar-refractivity contribution is 5.86. The van der Waals surface area contributed by atoms with E-state index in [9.17, 15) is 9.90 Å². The van der Waals surface area contributed by atoms with Crippen molar-refractivity contribution in [2.75, 3.05) is 13.2 Å². The standard InChI is InChI=1S/C24H39NO5/c1-6-7-13-28-18-14-17-20(27)25-21(22(2,3)4)29-15-24(25,23(17,5)30-18)19(26)16-11-9-8-10-12-16/h9,11,16-19,21,26H,6-8,10,12-15H2,1-5H3/t16-,17+,18?,19-,21+,23+,24-/m1/s1. The van der Waals surface area contributed by atoms with Crippen LogP contribution in [0.4, 0.5) is 0 Å². The highest BCUT2D eigenvalue weighted by Crippen LogP contribution is 2.60. The topological polar surface area (TPSA) is 68.2 Å². The van der Waals surface area contributed by atoms with E-state index in [0.29, 0.717) is 19.6 Å². The molecule has 0 aromatic heterocycles. The normalized spacial score (nSPS) is 41.9. The van der Waals surface area contributed by atoms with Crippen LogP contribution in [0.25, 0.3) is 0 Å². The van der Waals surface area contributed by atoms with Crippen LogP contribution in [0, 0.1) is 17.3 Å². The Labute approximate surface area is 180 Å². The van der Waals surface area contributed by atoms with Gasteiger partial charge < -0.3 is 24.2 Å². The van der Waals surface area contributed by atoms with Gasteiger partial charge in [-0.1, -0.05) is 46.3 Å². The van der Waals surface area contributed by atoms with Crippen molar-refractivity contribution in [2.24, 2.45) is 17.3 Å². The van der Waals surface area contributed by atoms with Crippen LogP contribution in [-0.2, 0) is 19.0 Å². The maximum absolute atomic E-state index is 13.8. The third kappa shape index (κ3) is 3.17. The molecule has 1 N–H and O–H groups in total. The lowest BCUT2D eigenvalue weighted by Crippen LogP contribution is -2.67. The van der Waals surface area contributed by atoms with Crippen molar-refractivity contribution in [2.45, 2.75) is 103 Å². The minimum atomic E-state index is -0.901. The van der Waals surface area contributed by atoms with Crippen molar-refractivity contribution in [1.29, 1.82) is 0 Å². The number of ether oxygens (including phenoxy) is 3. The highest BCUT2D eigenvalue weighted by Gasteiger charge is 2.77. The fourth-order valence-corrected chi connectivity index (χ4v) is 6.06. The summed E-state index contributed by atoms with van der Waals surface area (Å²) in [5.41, 5.74) is -2.00. The first-order valence-corrected chi connectivity index (χ1v) is 11.8. The molecule has 3 fully saturated rings. The smallest absolute Gasteiger partial charge is 0.231 e. The number of carbonyl (C=O) groups is 1. The van der Waals surface area contributed by atoms with E-state index in [0.717, 1.165) is 32.1 Å². The maximum atomic E-state index is 13.8. The molecule has 0 spiro atoms. The van der Waals surface area contributed by atoms with Crippen LogP contribution < -0.4 is 0 Å². The quantitative estimate of drug-likeness (QED) is 0.524. The summed E-state index contributed by atoms with van der Waals surface area (Å²) in [6.45, 7) is 11.3. The number of hydrogen-bond acceptors (Lipinski definition) is 5. The van der Waals surface area contributed by atoms with Gasteiger partial charge in [0.15, 0.2) is 6.29 Å². The monoisotopic (exact) mass is 421 g/mol. The Morgan fingerprint density at radius 2 is 2.17 bits per heavy atom. The van der Waals surface area contributed by atoms with Crippen LogP contribution in [0.1, 0.15) is 73.1 Å². The lowest BCUT2D eigenvalue weighted by atomic mass is 9.69. The molecular weight excluding hydrogens is 382 g/mol. The Bertz CT molecular complexity index is 688. The molecule has 7 atom stereocenters. The molecule has 0 saturated carbocycles. The zero-order chi connectivity index (χ0) is 21.7. The molecule has 0 radical (unpaired) electrons. The summed E-state index contributed by atoms with van der Waals surface area (Å²) in [6.07, 6.45) is 8.33. The Morgan fingerprint density at radius 3 is 2.80 bits per heavy atom. The van der Waals surface area contributed by atoms with Gasteiger partial charge in [-0.25, -0.2) is 0 Å². The minimum Gasteiger partial charge on any atom is -0.390 e. The summed E-state index contributed by atoms with van der Waals surface area (Å²) >= 11 is 0. The summed E-state index contributed by atoms with van der Waals surface area (Å²) in [5.74, 6) is -0.286. The molecule has 1 unspecified atom stereocenters. The van der Waals surface area contributed by atoms with E-state index < -0.39 is 23.5 Å². The van der Waals surface area contributed by atoms with Gasteiger partial charge in [-0.05, 0) is 32.6 Å². The molecule has 3 saturated heterocycles. The van der Waals surface area contributed by atoms with Gasteiger partial charge in [0.25, 0.3) is 0 Å². The third-order valence-corrected chi connectivity index (χ3v) is 7.72. The Kier molecular flexibility index (Phi) is 5.84. The second-order valence-corrected chi connectivity index (χ2v) is 10.8. The van der Waals surface area contributed by atoms with Gasteiger partial charge in [-0.3, -0.25) is 4.79 Å². The fourth-order valence-electron chi connectivity index (χ4n) is 6.06. The molecule has 0 aromatic rings. The lowest BCUT2D eigenvalue weighted by molar-refractivity contribution is -0.213. The second-order valence-electron chi connectivity index (χ2n) is 10.8. The molecular formula is C24H39NO5. The molecule has 3 aliphatic heterocycles. The van der Waals surface area contributed by atoms with E-state index in [1.807, 2.05) is 11.8 Å². The number of carbonyl (C=O) groups excluding carboxylic acids is 1. The van der Waals surface area contributed by atoms with Crippen LogP contribution >= 0.6 is 0 Å². The first-order valence-electron chi connectivity index (χ1n) is 11.8. The maximum Gasteiger partial charge on any atom is 0.231 e. The lowest BCUT2D eigenvalue weighted by Gasteiger charge is -2.48. The van der Waals surface area contributed by atoms with Gasteiger partial charge in [-0.2, -0.15) is 0 Å². The van der Waals surface area contributed by atoms with E-state index in [4.69, 9.17) is 14.2 Å². The summed E-state index contributed by atoms with van der Waals surface area (Å²) in [6, 6.07) is 0. The number of nitrogens with zero attached hydrogens (tertiary/aromatic N) is 1. The van der Waals surface area contributed by atoms with Gasteiger partial charge in [0.1, 0.15) is 17.4 Å². The molecule has 0 bridgehead atoms. The summed E-state index contributed by atoms with van der Waals surface area (Å²) < 4.78 is 18.8. The Hall–Kier alpha value is -0.950. The molecule has 170 valence electrons. The summed E-state index contributed by atoms with van der Waals surface area (Å²) in [4.78, 5) is 15.6. The molecule has 6 nitrogen and oxygen atoms in total. The van der Waals surface area contributed by atoms with Crippen LogP contribution in [0.15, 0.2) is 12.2 Å². The number of amides is 1. The summed E-state index contributed by atoms with van der Waals surface area (Å²) in [7, 11) is 0. The average molecular weight is 422 g/mol. The molecule has 6 heteroatoms. The predicted octanol–water partition coefficient (Wildman–Crippen LogP) is 3.63. The van der Waals surface area contributed by atoms with E-state index in [2.05, 4.69) is 39.8 Å². The number of unbranched alkanes of at least 4 members (excludes halogenated alkanes) is 1. The first kappa shape index (κ1) is 22.3. The van der Waals surface area contributed by atoms with Crippen molar-refractivity contribution in [3.63, 3.8) is 0 Å². The van der Waals surface area contributed by atoms with Gasteiger partial charge in [0.2, 0.25) is 5.91 Å². The second kappa shape index (κ2) is 7.88. The van der Waals surface area contributed by atoms with E-state index in [-0.39, 0.29) is 29.4 Å². The van der Waals surface area contributed by atoms with Crippen molar-refractivity contribution in [3.05, 3.63) is 12.2 Å². The number of allylic oxidation sites excluding steroid dienone is 1. The average Bonchev–Trinajstić information content (AvgIpc) is 3.32. The summed E-state index contributed by atoms with van der Waals surface area (Å²) in [5, 5.41) is 11.8. The number of rotatable bonds is 6. The van der Waals surface area contributed by atoms with Gasteiger partial charge in [0, 0.05) is 24.4 Å². The minimum absolute atomic E-state index is 0.00407. The Morgan fingerprint density at radius 1 is 1.40 bits per heavy atom. The largest absolute Gasteiger partial charge is 0.390 e. The molecule has 1 amide bonds. The van der Waals surface area contributed by atoms with E-state index >= 15 is 0 Å². The molecule has 30 heavy (non-hydrogen) atoms. The van der Waals surface area contributed by atoms with Crippen molar-refractivity contribution in [1.82, 2.24) is 4.90 Å². The van der Waals surface area contributed by atoms with Crippen molar-refractivity contribution < 1.29 is 24.1 Å². The van der Waals surface area contributed by atoms with Crippen molar-refractivity contribution >= 4 is 5.91 Å². The first-order chi connectivity index (χ1) is 14.2. The Balaban J connectivity index is 1.71. The zero-order valence-electron chi connectivity index (χ0n) is 19.2. The van der Waals surface area contributed by atoms with E-state index in [1.165, 1.54) is 0 Å². The van der Waals surface area contributed by atoms with Crippen LogP contribution in [-0.4, -0.2) is 58.9 Å². The molecule has 4 rings (SSSR count). The van der Waals surface area contributed by atoms with Crippen LogP contribution in [0.5, 0.6) is 0 Å². The van der Waals surface area contributed by atoms with Gasteiger partial charge >= 0.3 is 0 Å². The molecule has 4 aliphatic rings. The molecule has 1 aliphatic carbocycles. The third-order valence-electron chi connectivity index (χ3n) is 7.72. The van der Waals surface area contributed by atoms with E-state index in [1.54, 1.807) is 0 Å². The molecule has 0 aromatic carbocycles. The van der Waals surface area contributed by atoms with Gasteiger partial charge in [-0.15, -0.1) is 0 Å². The SMILES string of the molecule is CCCCOC1C[C@H]2C(=O)N3[C@H](C(C)(C)C)OC[C@@]3([C@H](O)[C@@H]3C=CCCC3)[C@@]2(C)O1. The number of hydrogen-bond donors (Lipinski definition) is 1. The fraction of sp³-hybridized carbons (Fsp3) is 0.875. The highest BCUT2D eigenvalue weighted by atomic mass is 16.7. The van der Waals surface area contributed by atoms with Gasteiger partial charge in [0.05, 0.1) is 18.6 Å². The zero-order valence-corrected chi connectivity index (χ0v) is 19.2. The van der Waals surface area contributed by atoms with Crippen molar-refractivity contribution in [3.8, 4) is 0 Å². The van der Waals surface area contributed by atoms with Crippen LogP contribution in [0.2, 0.25) is 0 Å². The number of fused-ring (bicyclic) bond motifs is 3. The number of aliphatic hydroxyl groups is 1. The number of aliphatic hydroxyl groups excluding tert-OH is 1.